The Morgan fingerprint density at radius 1 is 1.12 bits per heavy atom. The predicted molar refractivity (Wildman–Crippen MR) is 67.2 cm³/mol. The van der Waals surface area contributed by atoms with Crippen LogP contribution in [0, 0.1) is 11.8 Å². The molecule has 3 aliphatic rings. The predicted octanol–water partition coefficient (Wildman–Crippen LogP) is 0.798. The van der Waals surface area contributed by atoms with Crippen molar-refractivity contribution in [3.8, 4) is 0 Å². The molecule has 3 unspecified atom stereocenters. The largest absolute Gasteiger partial charge is 0.311 e. The van der Waals surface area contributed by atoms with Gasteiger partial charge in [-0.3, -0.25) is 0 Å². The molecule has 0 amide bonds. The molecule has 0 radical (unpaired) electrons. The van der Waals surface area contributed by atoms with E-state index in [-0.39, 0.29) is 0 Å². The number of hydrogen-bond donors (Lipinski definition) is 1. The van der Waals surface area contributed by atoms with E-state index in [4.69, 9.17) is 0 Å². The van der Waals surface area contributed by atoms with Crippen molar-refractivity contribution in [1.82, 2.24) is 9.62 Å². The highest BCUT2D eigenvalue weighted by molar-refractivity contribution is 7.88. The van der Waals surface area contributed by atoms with E-state index < -0.39 is 10.0 Å². The zero-order valence-electron chi connectivity index (χ0n) is 10.4. The minimum Gasteiger partial charge on any atom is -0.311 e. The summed E-state index contributed by atoms with van der Waals surface area (Å²) in [6.07, 6.45) is 7.43. The Balaban J connectivity index is 1.48. The fourth-order valence-electron chi connectivity index (χ4n) is 3.57. The second-order valence-electron chi connectivity index (χ2n) is 5.95. The van der Waals surface area contributed by atoms with Gasteiger partial charge in [-0.05, 0) is 43.9 Å². The van der Waals surface area contributed by atoms with Crippen LogP contribution in [0.3, 0.4) is 0 Å². The van der Waals surface area contributed by atoms with Gasteiger partial charge in [-0.25, -0.2) is 12.7 Å². The summed E-state index contributed by atoms with van der Waals surface area (Å²) in [5.41, 5.74) is 0. The van der Waals surface area contributed by atoms with E-state index in [0.29, 0.717) is 19.1 Å². The molecule has 98 valence electrons. The minimum absolute atomic E-state index is 0.539. The lowest BCUT2D eigenvalue weighted by Crippen LogP contribution is -2.47. The van der Waals surface area contributed by atoms with Crippen LogP contribution in [0.4, 0.5) is 0 Å². The van der Waals surface area contributed by atoms with E-state index in [1.54, 1.807) is 4.31 Å². The molecule has 0 spiro atoms. The SMILES string of the molecule is CS(=O)(=O)N1CCC(NC2CCC3CC32)CC1. The van der Waals surface area contributed by atoms with Crippen molar-refractivity contribution in [2.45, 2.75) is 44.2 Å². The lowest BCUT2D eigenvalue weighted by molar-refractivity contribution is 0.268. The number of piperidine rings is 1. The van der Waals surface area contributed by atoms with Crippen LogP contribution in [0.1, 0.15) is 32.1 Å². The molecule has 1 heterocycles. The molecule has 2 aliphatic carbocycles. The van der Waals surface area contributed by atoms with Crippen LogP contribution in [-0.4, -0.2) is 44.2 Å². The molecule has 0 aromatic rings. The zero-order chi connectivity index (χ0) is 12.0. The number of nitrogens with one attached hydrogen (secondary N) is 1. The van der Waals surface area contributed by atoms with Gasteiger partial charge in [0.2, 0.25) is 10.0 Å². The van der Waals surface area contributed by atoms with Gasteiger partial charge in [-0.2, -0.15) is 0 Å². The first-order valence-electron chi connectivity index (χ1n) is 6.75. The van der Waals surface area contributed by atoms with Crippen molar-refractivity contribution >= 4 is 10.0 Å². The molecular weight excluding hydrogens is 236 g/mol. The summed E-state index contributed by atoms with van der Waals surface area (Å²) in [4.78, 5) is 0. The highest BCUT2D eigenvalue weighted by atomic mass is 32.2. The summed E-state index contributed by atoms with van der Waals surface area (Å²) in [5, 5.41) is 3.76. The molecule has 1 N–H and O–H groups in total. The smallest absolute Gasteiger partial charge is 0.211 e. The Hall–Kier alpha value is -0.130. The van der Waals surface area contributed by atoms with Crippen LogP contribution in [0.2, 0.25) is 0 Å². The number of sulfonamides is 1. The summed E-state index contributed by atoms with van der Waals surface area (Å²) < 4.78 is 24.4. The number of fused-ring (bicyclic) bond motifs is 1. The van der Waals surface area contributed by atoms with Crippen molar-refractivity contribution in [2.24, 2.45) is 11.8 Å². The van der Waals surface area contributed by atoms with E-state index in [9.17, 15) is 8.42 Å². The molecule has 3 fully saturated rings. The number of rotatable bonds is 3. The van der Waals surface area contributed by atoms with E-state index in [1.165, 1.54) is 25.5 Å². The van der Waals surface area contributed by atoms with Gasteiger partial charge >= 0.3 is 0 Å². The van der Waals surface area contributed by atoms with E-state index in [0.717, 1.165) is 30.7 Å². The van der Waals surface area contributed by atoms with Crippen LogP contribution in [-0.2, 0) is 10.0 Å². The van der Waals surface area contributed by atoms with Crippen LogP contribution in [0.25, 0.3) is 0 Å². The van der Waals surface area contributed by atoms with Gasteiger partial charge in [0.25, 0.3) is 0 Å². The zero-order valence-corrected chi connectivity index (χ0v) is 11.2. The van der Waals surface area contributed by atoms with Gasteiger partial charge in [-0.1, -0.05) is 0 Å². The monoisotopic (exact) mass is 258 g/mol. The maximum absolute atomic E-state index is 11.4. The van der Waals surface area contributed by atoms with Gasteiger partial charge in [0.1, 0.15) is 0 Å². The molecule has 0 aromatic heterocycles. The Bertz CT molecular complexity index is 387. The summed E-state index contributed by atoms with van der Waals surface area (Å²) in [6.45, 7) is 1.38. The topological polar surface area (TPSA) is 49.4 Å². The van der Waals surface area contributed by atoms with Crippen molar-refractivity contribution in [2.75, 3.05) is 19.3 Å². The van der Waals surface area contributed by atoms with E-state index in [1.807, 2.05) is 0 Å². The number of nitrogens with zero attached hydrogens (tertiary/aromatic N) is 1. The first kappa shape index (κ1) is 11.9. The summed E-state index contributed by atoms with van der Waals surface area (Å²) in [6, 6.07) is 1.27. The second kappa shape index (κ2) is 4.21. The first-order valence-corrected chi connectivity index (χ1v) is 8.60. The molecule has 4 nitrogen and oxygen atoms in total. The third-order valence-electron chi connectivity index (χ3n) is 4.72. The summed E-state index contributed by atoms with van der Waals surface area (Å²) in [7, 11) is -2.97. The normalized spacial score (nSPS) is 39.2. The van der Waals surface area contributed by atoms with Gasteiger partial charge in [0.15, 0.2) is 0 Å². The molecule has 0 aromatic carbocycles. The van der Waals surface area contributed by atoms with Gasteiger partial charge in [0.05, 0.1) is 6.26 Å². The molecule has 2 saturated carbocycles. The number of hydrogen-bond acceptors (Lipinski definition) is 3. The standard InChI is InChI=1S/C12H22N2O2S/c1-17(15,16)14-6-4-10(5-7-14)13-12-3-2-9-8-11(9)12/h9-13H,2-8H2,1H3. The van der Waals surface area contributed by atoms with Gasteiger partial charge < -0.3 is 5.32 Å². The van der Waals surface area contributed by atoms with Crippen LogP contribution < -0.4 is 5.32 Å². The Labute approximate surface area is 104 Å². The van der Waals surface area contributed by atoms with Crippen molar-refractivity contribution < 1.29 is 8.42 Å². The molecular formula is C12H22N2O2S. The van der Waals surface area contributed by atoms with E-state index >= 15 is 0 Å². The highest BCUT2D eigenvalue weighted by Crippen LogP contribution is 2.51. The third-order valence-corrected chi connectivity index (χ3v) is 6.02. The highest BCUT2D eigenvalue weighted by Gasteiger charge is 2.48. The Morgan fingerprint density at radius 3 is 2.29 bits per heavy atom. The molecule has 5 heteroatoms. The first-order chi connectivity index (χ1) is 8.04. The maximum atomic E-state index is 11.4. The van der Waals surface area contributed by atoms with Crippen molar-refractivity contribution in [3.05, 3.63) is 0 Å². The van der Waals surface area contributed by atoms with Crippen LogP contribution >= 0.6 is 0 Å². The Morgan fingerprint density at radius 2 is 1.82 bits per heavy atom. The molecule has 0 bridgehead atoms. The van der Waals surface area contributed by atoms with Crippen LogP contribution in [0.5, 0.6) is 0 Å². The molecule has 17 heavy (non-hydrogen) atoms. The lowest BCUT2D eigenvalue weighted by atomic mass is 10.0. The fourth-order valence-corrected chi connectivity index (χ4v) is 4.44. The molecule has 1 saturated heterocycles. The van der Waals surface area contributed by atoms with E-state index in [2.05, 4.69) is 5.32 Å². The van der Waals surface area contributed by atoms with Crippen LogP contribution in [0.15, 0.2) is 0 Å². The fraction of sp³-hybridized carbons (Fsp3) is 1.00. The lowest BCUT2D eigenvalue weighted by Gasteiger charge is -2.32. The average molecular weight is 258 g/mol. The summed E-state index contributed by atoms with van der Waals surface area (Å²) in [5.74, 6) is 1.96. The van der Waals surface area contributed by atoms with Crippen molar-refractivity contribution in [3.63, 3.8) is 0 Å². The summed E-state index contributed by atoms with van der Waals surface area (Å²) >= 11 is 0. The molecule has 1 aliphatic heterocycles. The maximum Gasteiger partial charge on any atom is 0.211 e. The molecule has 3 rings (SSSR count). The van der Waals surface area contributed by atoms with Gasteiger partial charge in [0, 0.05) is 25.2 Å². The Kier molecular flexibility index (Phi) is 2.96. The minimum atomic E-state index is -2.97. The third kappa shape index (κ3) is 2.51. The molecule has 3 atom stereocenters. The van der Waals surface area contributed by atoms with Gasteiger partial charge in [-0.15, -0.1) is 0 Å². The van der Waals surface area contributed by atoms with Crippen molar-refractivity contribution in [1.29, 1.82) is 0 Å². The quantitative estimate of drug-likeness (QED) is 0.814. The average Bonchev–Trinajstić information content (AvgIpc) is 2.95. The second-order valence-corrected chi connectivity index (χ2v) is 7.93.